The number of nitrogens with zero attached hydrogens (tertiary/aromatic N) is 1. The van der Waals surface area contributed by atoms with Crippen LogP contribution in [0.2, 0.25) is 0 Å². The van der Waals surface area contributed by atoms with Gasteiger partial charge in [-0.2, -0.15) is 0 Å². The predicted molar refractivity (Wildman–Crippen MR) is 112 cm³/mol. The highest BCUT2D eigenvalue weighted by atomic mass is 127. The van der Waals surface area contributed by atoms with Crippen LogP contribution >= 0.6 is 22.6 Å². The van der Waals surface area contributed by atoms with Gasteiger partial charge in [-0.15, -0.1) is 6.42 Å². The Morgan fingerprint density at radius 3 is 2.59 bits per heavy atom. The van der Waals surface area contributed by atoms with Crippen LogP contribution in [0.5, 0.6) is 0 Å². The Kier molecular flexibility index (Phi) is 7.37. The highest BCUT2D eigenvalue weighted by Crippen LogP contribution is 2.11. The second-order valence-electron chi connectivity index (χ2n) is 5.69. The van der Waals surface area contributed by atoms with Gasteiger partial charge in [-0.25, -0.2) is 0 Å². The summed E-state index contributed by atoms with van der Waals surface area (Å²) in [5.41, 5.74) is 1.71. The molecule has 0 fully saturated rings. The first-order chi connectivity index (χ1) is 12.9. The number of rotatable bonds is 6. The maximum atomic E-state index is 12.2. The summed E-state index contributed by atoms with van der Waals surface area (Å²) in [6.45, 7) is -0.335. The van der Waals surface area contributed by atoms with E-state index in [1.54, 1.807) is 36.4 Å². The molecule has 0 aliphatic rings. The van der Waals surface area contributed by atoms with Gasteiger partial charge in [0, 0.05) is 21.9 Å². The van der Waals surface area contributed by atoms with Gasteiger partial charge in [-0.1, -0.05) is 24.1 Å². The van der Waals surface area contributed by atoms with Crippen molar-refractivity contribution < 1.29 is 14.4 Å². The fraction of sp³-hybridized carbons (Fsp3) is 0.150. The van der Waals surface area contributed by atoms with E-state index in [1.807, 2.05) is 12.1 Å². The second kappa shape index (κ2) is 9.73. The number of hydrogen-bond donors (Lipinski definition) is 2. The minimum atomic E-state index is -0.373. The molecule has 0 unspecified atom stereocenters. The molecule has 0 aliphatic heterocycles. The van der Waals surface area contributed by atoms with Crippen molar-refractivity contribution in [2.45, 2.75) is 0 Å². The molecular weight excluding hydrogens is 457 g/mol. The molecule has 2 aromatic carbocycles. The van der Waals surface area contributed by atoms with Crippen LogP contribution in [0.15, 0.2) is 48.5 Å². The van der Waals surface area contributed by atoms with Crippen molar-refractivity contribution in [2.24, 2.45) is 0 Å². The van der Waals surface area contributed by atoms with Gasteiger partial charge in [0.15, 0.2) is 0 Å². The van der Waals surface area contributed by atoms with E-state index < -0.39 is 0 Å². The van der Waals surface area contributed by atoms with Crippen LogP contribution in [0.25, 0.3) is 0 Å². The third-order valence-electron chi connectivity index (χ3n) is 3.64. The van der Waals surface area contributed by atoms with E-state index in [2.05, 4.69) is 39.1 Å². The van der Waals surface area contributed by atoms with Crippen molar-refractivity contribution in [3.05, 3.63) is 63.2 Å². The van der Waals surface area contributed by atoms with E-state index in [9.17, 15) is 14.4 Å². The molecule has 0 aromatic heterocycles. The van der Waals surface area contributed by atoms with Crippen molar-refractivity contribution in [3.63, 3.8) is 0 Å². The molecule has 0 spiro atoms. The normalized spacial score (nSPS) is 9.81. The molecule has 0 aliphatic carbocycles. The van der Waals surface area contributed by atoms with Gasteiger partial charge in [-0.05, 0) is 52.9 Å². The van der Waals surface area contributed by atoms with Gasteiger partial charge in [0.1, 0.15) is 0 Å². The molecule has 2 N–H and O–H groups in total. The number of likely N-dealkylation sites (N-methyl/N-ethyl adjacent to an activating group) is 1. The number of nitrogens with one attached hydrogen (secondary N) is 2. The third kappa shape index (κ3) is 6.11. The first kappa shape index (κ1) is 20.5. The molecule has 0 saturated carbocycles. The summed E-state index contributed by atoms with van der Waals surface area (Å²) in [5, 5.41) is 5.25. The summed E-state index contributed by atoms with van der Waals surface area (Å²) in [6.07, 6.45) is 5.33. The summed E-state index contributed by atoms with van der Waals surface area (Å²) < 4.78 is 0.794. The minimum absolute atomic E-state index is 0.141. The van der Waals surface area contributed by atoms with Crippen LogP contribution in [0.4, 0.5) is 5.69 Å². The van der Waals surface area contributed by atoms with Gasteiger partial charge in [-0.3, -0.25) is 14.4 Å². The van der Waals surface area contributed by atoms with Crippen LogP contribution < -0.4 is 10.6 Å². The van der Waals surface area contributed by atoms with Gasteiger partial charge in [0.2, 0.25) is 11.8 Å². The zero-order valence-corrected chi connectivity index (χ0v) is 16.8. The van der Waals surface area contributed by atoms with Gasteiger partial charge >= 0.3 is 0 Å². The molecule has 0 saturated heterocycles. The monoisotopic (exact) mass is 475 g/mol. The Morgan fingerprint density at radius 2 is 1.89 bits per heavy atom. The number of terminal acetylenes is 1. The molecule has 3 amide bonds. The number of anilines is 1. The summed E-state index contributed by atoms with van der Waals surface area (Å²) in [6, 6.07) is 13.9. The molecule has 6 nitrogen and oxygen atoms in total. The van der Waals surface area contributed by atoms with Gasteiger partial charge in [0.05, 0.1) is 18.7 Å². The molecule has 0 atom stereocenters. The summed E-state index contributed by atoms with van der Waals surface area (Å²) in [5.74, 6) is 1.42. The largest absolute Gasteiger partial charge is 0.343 e. The molecule has 0 bridgehead atoms. The van der Waals surface area contributed by atoms with E-state index in [1.165, 1.54) is 11.9 Å². The lowest BCUT2D eigenvalue weighted by atomic mass is 10.2. The molecule has 2 aromatic rings. The minimum Gasteiger partial charge on any atom is -0.343 e. The van der Waals surface area contributed by atoms with Crippen LogP contribution in [0, 0.1) is 15.9 Å². The van der Waals surface area contributed by atoms with E-state index in [0.717, 1.165) is 3.57 Å². The summed E-state index contributed by atoms with van der Waals surface area (Å²) in [4.78, 5) is 37.6. The first-order valence-electron chi connectivity index (χ1n) is 8.04. The van der Waals surface area contributed by atoms with Crippen LogP contribution in [0.3, 0.4) is 0 Å². The fourth-order valence-electron chi connectivity index (χ4n) is 2.22. The van der Waals surface area contributed by atoms with Crippen LogP contribution in [0.1, 0.15) is 15.9 Å². The highest BCUT2D eigenvalue weighted by Gasteiger charge is 2.15. The van der Waals surface area contributed by atoms with Crippen molar-refractivity contribution in [2.75, 3.05) is 25.5 Å². The molecular formula is C20H18IN3O3. The highest BCUT2D eigenvalue weighted by molar-refractivity contribution is 14.1. The number of halogens is 1. The molecule has 138 valence electrons. The van der Waals surface area contributed by atoms with Gasteiger partial charge in [0.25, 0.3) is 5.91 Å². The topological polar surface area (TPSA) is 78.5 Å². The first-order valence-corrected chi connectivity index (χ1v) is 9.12. The quantitative estimate of drug-likeness (QED) is 0.497. The van der Waals surface area contributed by atoms with Crippen molar-refractivity contribution in [1.82, 2.24) is 10.2 Å². The average molecular weight is 475 g/mol. The Hall–Kier alpha value is -2.86. The average Bonchev–Trinajstić information content (AvgIpc) is 2.66. The lowest BCUT2D eigenvalue weighted by molar-refractivity contribution is -0.132. The molecule has 2 rings (SSSR count). The maximum Gasteiger partial charge on any atom is 0.252 e. The zero-order valence-electron chi connectivity index (χ0n) is 14.7. The molecule has 7 heteroatoms. The number of hydrogen-bond acceptors (Lipinski definition) is 3. The van der Waals surface area contributed by atoms with Crippen LogP contribution in [-0.4, -0.2) is 42.8 Å². The van der Waals surface area contributed by atoms with E-state index >= 15 is 0 Å². The number of benzene rings is 2. The van der Waals surface area contributed by atoms with E-state index in [-0.39, 0.29) is 30.8 Å². The second-order valence-corrected chi connectivity index (χ2v) is 6.85. The standard InChI is InChI=1S/C20H18IN3O3/c1-3-14-7-6-8-15(11-14)23-18(25)13-24(2)19(26)12-22-20(27)16-9-4-5-10-17(16)21/h1,4-11H,12-13H2,2H3,(H,22,27)(H,23,25). The van der Waals surface area contributed by atoms with Crippen molar-refractivity contribution in [1.29, 1.82) is 0 Å². The third-order valence-corrected chi connectivity index (χ3v) is 4.58. The fourth-order valence-corrected chi connectivity index (χ4v) is 2.85. The Morgan fingerprint density at radius 1 is 1.15 bits per heavy atom. The number of carbonyl (C=O) groups is 3. The Bertz CT molecular complexity index is 905. The van der Waals surface area contributed by atoms with Crippen LogP contribution in [-0.2, 0) is 9.59 Å². The maximum absolute atomic E-state index is 12.2. The summed E-state index contributed by atoms with van der Waals surface area (Å²) in [7, 11) is 1.50. The number of carbonyl (C=O) groups excluding carboxylic acids is 3. The Labute approximate surface area is 171 Å². The SMILES string of the molecule is C#Cc1cccc(NC(=O)CN(C)C(=O)CNC(=O)c2ccccc2I)c1. The molecule has 0 heterocycles. The lowest BCUT2D eigenvalue weighted by Gasteiger charge is -2.17. The van der Waals surface area contributed by atoms with Crippen molar-refractivity contribution >= 4 is 46.0 Å². The molecule has 27 heavy (non-hydrogen) atoms. The smallest absolute Gasteiger partial charge is 0.252 e. The van der Waals surface area contributed by atoms with E-state index in [0.29, 0.717) is 16.8 Å². The summed E-state index contributed by atoms with van der Waals surface area (Å²) >= 11 is 2.06. The van der Waals surface area contributed by atoms with Crippen molar-refractivity contribution in [3.8, 4) is 12.3 Å². The predicted octanol–water partition coefficient (Wildman–Crippen LogP) is 2.10. The van der Waals surface area contributed by atoms with E-state index in [4.69, 9.17) is 6.42 Å². The Balaban J connectivity index is 1.84. The zero-order chi connectivity index (χ0) is 19.8. The lowest BCUT2D eigenvalue weighted by Crippen LogP contribution is -2.41. The van der Waals surface area contributed by atoms with Gasteiger partial charge < -0.3 is 15.5 Å². The molecule has 0 radical (unpaired) electrons. The number of amides is 3.